The summed E-state index contributed by atoms with van der Waals surface area (Å²) < 4.78 is 0. The van der Waals surface area contributed by atoms with Crippen LogP contribution in [0.2, 0.25) is 0 Å². The quantitative estimate of drug-likeness (QED) is 0.883. The number of hydrogen-bond donors (Lipinski definition) is 1. The van der Waals surface area contributed by atoms with Crippen molar-refractivity contribution in [3.63, 3.8) is 0 Å². The number of halogens is 1. The maximum Gasteiger partial charge on any atom is 0.269 e. The third kappa shape index (κ3) is 3.40. The van der Waals surface area contributed by atoms with Crippen molar-refractivity contribution in [2.24, 2.45) is 0 Å². The minimum absolute atomic E-state index is 0.103. The first-order valence-corrected chi connectivity index (χ1v) is 6.57. The molecule has 0 saturated carbocycles. The first-order chi connectivity index (χ1) is 8.77. The third-order valence-corrected chi connectivity index (χ3v) is 3.35. The standard InChI is InChI=1S/C14H13BrN2O/c15-12(11-6-2-1-3-7-11)10-17-14(18)13-8-4-5-9-16-13/h1-9,12H,10H2,(H,17,18). The minimum atomic E-state index is -0.156. The average molecular weight is 305 g/mol. The van der Waals surface area contributed by atoms with E-state index in [2.05, 4.69) is 26.2 Å². The van der Waals surface area contributed by atoms with Crippen molar-refractivity contribution < 1.29 is 4.79 Å². The molecule has 3 nitrogen and oxygen atoms in total. The number of amides is 1. The molecule has 0 aliphatic rings. The number of benzene rings is 1. The molecule has 1 heterocycles. The molecule has 1 aromatic carbocycles. The van der Waals surface area contributed by atoms with Crippen LogP contribution in [-0.4, -0.2) is 17.4 Å². The second-order valence-electron chi connectivity index (χ2n) is 3.80. The molecule has 0 radical (unpaired) electrons. The molecule has 0 spiro atoms. The van der Waals surface area contributed by atoms with Crippen LogP contribution in [0.5, 0.6) is 0 Å². The SMILES string of the molecule is O=C(NCC(Br)c1ccccc1)c1ccccn1. The van der Waals surface area contributed by atoms with Gasteiger partial charge in [0.25, 0.3) is 5.91 Å². The molecule has 0 bridgehead atoms. The predicted octanol–water partition coefficient (Wildman–Crippen LogP) is 2.95. The Labute approximate surface area is 114 Å². The molecule has 18 heavy (non-hydrogen) atoms. The molecular formula is C14H13BrN2O. The van der Waals surface area contributed by atoms with Crippen molar-refractivity contribution in [2.45, 2.75) is 4.83 Å². The molecule has 1 aromatic heterocycles. The molecule has 2 aromatic rings. The highest BCUT2D eigenvalue weighted by Gasteiger charge is 2.10. The van der Waals surface area contributed by atoms with Crippen LogP contribution >= 0.6 is 15.9 Å². The Morgan fingerprint density at radius 2 is 1.89 bits per heavy atom. The molecule has 2 rings (SSSR count). The monoisotopic (exact) mass is 304 g/mol. The van der Waals surface area contributed by atoms with Crippen LogP contribution < -0.4 is 5.32 Å². The van der Waals surface area contributed by atoms with Gasteiger partial charge in [-0.05, 0) is 17.7 Å². The van der Waals surface area contributed by atoms with Gasteiger partial charge in [-0.15, -0.1) is 0 Å². The number of carbonyl (C=O) groups excluding carboxylic acids is 1. The Bertz CT molecular complexity index is 502. The lowest BCUT2D eigenvalue weighted by atomic mass is 10.1. The summed E-state index contributed by atoms with van der Waals surface area (Å²) in [6.07, 6.45) is 1.61. The zero-order valence-corrected chi connectivity index (χ0v) is 11.3. The minimum Gasteiger partial charge on any atom is -0.349 e. The van der Waals surface area contributed by atoms with E-state index in [0.717, 1.165) is 5.56 Å². The Morgan fingerprint density at radius 1 is 1.17 bits per heavy atom. The lowest BCUT2D eigenvalue weighted by Crippen LogP contribution is -2.27. The van der Waals surface area contributed by atoms with Gasteiger partial charge in [0.2, 0.25) is 0 Å². The number of nitrogens with zero attached hydrogens (tertiary/aromatic N) is 1. The van der Waals surface area contributed by atoms with Crippen molar-refractivity contribution in [3.05, 3.63) is 66.0 Å². The van der Waals surface area contributed by atoms with Gasteiger partial charge in [-0.1, -0.05) is 52.3 Å². The van der Waals surface area contributed by atoms with Gasteiger partial charge < -0.3 is 5.32 Å². The second kappa shape index (κ2) is 6.31. The maximum atomic E-state index is 11.8. The molecule has 1 amide bonds. The fraction of sp³-hybridized carbons (Fsp3) is 0.143. The van der Waals surface area contributed by atoms with Gasteiger partial charge in [0.05, 0.1) is 4.83 Å². The Kier molecular flexibility index (Phi) is 4.47. The molecular weight excluding hydrogens is 292 g/mol. The maximum absolute atomic E-state index is 11.8. The van der Waals surface area contributed by atoms with E-state index in [4.69, 9.17) is 0 Å². The first-order valence-electron chi connectivity index (χ1n) is 5.65. The van der Waals surface area contributed by atoms with Crippen LogP contribution in [0.1, 0.15) is 20.9 Å². The van der Waals surface area contributed by atoms with E-state index >= 15 is 0 Å². The summed E-state index contributed by atoms with van der Waals surface area (Å²) in [6.45, 7) is 0.527. The Hall–Kier alpha value is -1.68. The van der Waals surface area contributed by atoms with Crippen molar-refractivity contribution in [1.82, 2.24) is 10.3 Å². The molecule has 0 aliphatic heterocycles. The number of nitrogens with one attached hydrogen (secondary N) is 1. The third-order valence-electron chi connectivity index (χ3n) is 2.50. The van der Waals surface area contributed by atoms with Crippen LogP contribution in [0.3, 0.4) is 0 Å². The van der Waals surface area contributed by atoms with Crippen LogP contribution in [0.15, 0.2) is 54.7 Å². The zero-order chi connectivity index (χ0) is 12.8. The van der Waals surface area contributed by atoms with Gasteiger partial charge in [0.1, 0.15) is 5.69 Å². The van der Waals surface area contributed by atoms with E-state index in [9.17, 15) is 4.79 Å². The van der Waals surface area contributed by atoms with Gasteiger partial charge in [0, 0.05) is 12.7 Å². The highest BCUT2D eigenvalue weighted by molar-refractivity contribution is 9.09. The highest BCUT2D eigenvalue weighted by atomic mass is 79.9. The van der Waals surface area contributed by atoms with Crippen molar-refractivity contribution in [1.29, 1.82) is 0 Å². The number of pyridine rings is 1. The van der Waals surface area contributed by atoms with Crippen LogP contribution in [-0.2, 0) is 0 Å². The smallest absolute Gasteiger partial charge is 0.269 e. The highest BCUT2D eigenvalue weighted by Crippen LogP contribution is 2.20. The van der Waals surface area contributed by atoms with Crippen LogP contribution in [0.4, 0.5) is 0 Å². The second-order valence-corrected chi connectivity index (χ2v) is 4.91. The molecule has 1 unspecified atom stereocenters. The van der Waals surface area contributed by atoms with E-state index < -0.39 is 0 Å². The van der Waals surface area contributed by atoms with E-state index in [1.807, 2.05) is 30.3 Å². The van der Waals surface area contributed by atoms with Crippen molar-refractivity contribution in [2.75, 3.05) is 6.54 Å². The van der Waals surface area contributed by atoms with E-state index in [1.54, 1.807) is 24.4 Å². The largest absolute Gasteiger partial charge is 0.349 e. The lowest BCUT2D eigenvalue weighted by Gasteiger charge is -2.11. The van der Waals surface area contributed by atoms with Gasteiger partial charge in [-0.3, -0.25) is 9.78 Å². The van der Waals surface area contributed by atoms with Crippen LogP contribution in [0, 0.1) is 0 Å². The molecule has 4 heteroatoms. The number of carbonyl (C=O) groups is 1. The fourth-order valence-corrected chi connectivity index (χ4v) is 2.02. The number of alkyl halides is 1. The van der Waals surface area contributed by atoms with E-state index in [-0.39, 0.29) is 10.7 Å². The fourth-order valence-electron chi connectivity index (χ4n) is 1.55. The predicted molar refractivity (Wildman–Crippen MR) is 74.7 cm³/mol. The number of rotatable bonds is 4. The summed E-state index contributed by atoms with van der Waals surface area (Å²) in [6, 6.07) is 15.2. The van der Waals surface area contributed by atoms with Gasteiger partial charge in [-0.2, -0.15) is 0 Å². The summed E-state index contributed by atoms with van der Waals surface area (Å²) in [4.78, 5) is 15.9. The average Bonchev–Trinajstić information content (AvgIpc) is 2.46. The van der Waals surface area contributed by atoms with Gasteiger partial charge in [-0.25, -0.2) is 0 Å². The molecule has 0 aliphatic carbocycles. The van der Waals surface area contributed by atoms with Crippen LogP contribution in [0.25, 0.3) is 0 Å². The van der Waals surface area contributed by atoms with E-state index in [0.29, 0.717) is 12.2 Å². The molecule has 1 atom stereocenters. The first kappa shape index (κ1) is 12.8. The normalized spacial score (nSPS) is 11.8. The summed E-state index contributed by atoms with van der Waals surface area (Å²) in [7, 11) is 0. The van der Waals surface area contributed by atoms with Crippen molar-refractivity contribution in [3.8, 4) is 0 Å². The molecule has 1 N–H and O–H groups in total. The summed E-state index contributed by atoms with van der Waals surface area (Å²) in [5.74, 6) is -0.156. The molecule has 0 fully saturated rings. The lowest BCUT2D eigenvalue weighted by molar-refractivity contribution is 0.0949. The Morgan fingerprint density at radius 3 is 2.56 bits per heavy atom. The molecule has 92 valence electrons. The topological polar surface area (TPSA) is 42.0 Å². The molecule has 0 saturated heterocycles. The zero-order valence-electron chi connectivity index (χ0n) is 9.71. The number of hydrogen-bond acceptors (Lipinski definition) is 2. The van der Waals surface area contributed by atoms with Crippen molar-refractivity contribution >= 4 is 21.8 Å². The summed E-state index contributed by atoms with van der Waals surface area (Å²) in [5.41, 5.74) is 1.57. The van der Waals surface area contributed by atoms with Gasteiger partial charge in [0.15, 0.2) is 0 Å². The Balaban J connectivity index is 1.91. The number of aromatic nitrogens is 1. The van der Waals surface area contributed by atoms with Gasteiger partial charge >= 0.3 is 0 Å². The summed E-state index contributed by atoms with van der Waals surface area (Å²) in [5, 5.41) is 2.85. The van der Waals surface area contributed by atoms with E-state index in [1.165, 1.54) is 0 Å². The summed E-state index contributed by atoms with van der Waals surface area (Å²) >= 11 is 3.55.